The number of aryl methyl sites for hydroxylation is 1. The molecule has 4 aromatic rings. The number of fused-ring (bicyclic) bond motifs is 2. The van der Waals surface area contributed by atoms with Gasteiger partial charge in [0.1, 0.15) is 16.7 Å². The van der Waals surface area contributed by atoms with Crippen LogP contribution >= 0.6 is 0 Å². The van der Waals surface area contributed by atoms with Crippen LogP contribution in [0, 0.1) is 6.92 Å². The molecule has 0 amide bonds. The summed E-state index contributed by atoms with van der Waals surface area (Å²) in [5, 5.41) is 1.43. The van der Waals surface area contributed by atoms with Gasteiger partial charge in [-0.2, -0.15) is 0 Å². The fourth-order valence-corrected chi connectivity index (χ4v) is 2.99. The Kier molecular flexibility index (Phi) is 4.05. The maximum atomic E-state index is 12.5. The molecule has 27 heavy (non-hydrogen) atoms. The van der Waals surface area contributed by atoms with Crippen LogP contribution < -0.4 is 11.3 Å². The van der Waals surface area contributed by atoms with Gasteiger partial charge in [0.15, 0.2) is 5.78 Å². The minimum absolute atomic E-state index is 0.0900. The lowest BCUT2D eigenvalue weighted by Gasteiger charge is -2.03. The molecule has 0 aliphatic rings. The van der Waals surface area contributed by atoms with E-state index >= 15 is 0 Å². The molecular weight excluding hydrogens is 344 g/mol. The molecule has 5 heteroatoms. The fourth-order valence-electron chi connectivity index (χ4n) is 2.99. The average molecular weight is 358 g/mol. The molecule has 2 heterocycles. The van der Waals surface area contributed by atoms with E-state index in [9.17, 15) is 14.4 Å². The van der Waals surface area contributed by atoms with Crippen LogP contribution in [0.3, 0.4) is 0 Å². The van der Waals surface area contributed by atoms with Crippen molar-refractivity contribution in [1.82, 2.24) is 0 Å². The number of hydrogen-bond donors (Lipinski definition) is 0. The number of allylic oxidation sites excluding steroid dienone is 1. The number of rotatable bonds is 3. The minimum atomic E-state index is -0.717. The second-order valence-electron chi connectivity index (χ2n) is 6.11. The first-order valence-electron chi connectivity index (χ1n) is 8.32. The fraction of sp³-hybridized carbons (Fsp3) is 0.0455. The lowest BCUT2D eigenvalue weighted by atomic mass is 10.0. The minimum Gasteiger partial charge on any atom is -0.422 e. The maximum Gasteiger partial charge on any atom is 0.347 e. The van der Waals surface area contributed by atoms with E-state index in [4.69, 9.17) is 8.83 Å². The number of carbonyl (C=O) groups excluding carboxylic acids is 1. The standard InChI is InChI=1S/C22H14O5/c1-13-15-7-3-5-9-20(15)27-21(24)16(13)10-11-18(23)17-12-14-6-2-4-8-19(14)26-22(17)25/h2-12H,1H3/b11-10+. The number of carbonyl (C=O) groups is 1. The summed E-state index contributed by atoms with van der Waals surface area (Å²) in [6, 6.07) is 15.6. The van der Waals surface area contributed by atoms with E-state index in [0.29, 0.717) is 22.1 Å². The highest BCUT2D eigenvalue weighted by atomic mass is 16.4. The molecule has 0 saturated heterocycles. The molecule has 0 fully saturated rings. The van der Waals surface area contributed by atoms with Gasteiger partial charge < -0.3 is 8.83 Å². The summed E-state index contributed by atoms with van der Waals surface area (Å²) in [6.45, 7) is 1.79. The Morgan fingerprint density at radius 1 is 0.889 bits per heavy atom. The van der Waals surface area contributed by atoms with E-state index < -0.39 is 17.0 Å². The van der Waals surface area contributed by atoms with Crippen LogP contribution in [0.25, 0.3) is 28.0 Å². The third kappa shape index (κ3) is 3.00. The lowest BCUT2D eigenvalue weighted by Crippen LogP contribution is -2.12. The smallest absolute Gasteiger partial charge is 0.347 e. The first-order valence-corrected chi connectivity index (χ1v) is 8.32. The van der Waals surface area contributed by atoms with Crippen LogP contribution in [0.5, 0.6) is 0 Å². The highest BCUT2D eigenvalue weighted by Gasteiger charge is 2.13. The predicted molar refractivity (Wildman–Crippen MR) is 103 cm³/mol. The third-order valence-electron chi connectivity index (χ3n) is 4.43. The summed E-state index contributed by atoms with van der Waals surface area (Å²) in [4.78, 5) is 36.8. The SMILES string of the molecule is Cc1c(/C=C/C(=O)c2cc3ccccc3oc2=O)c(=O)oc2ccccc12. The van der Waals surface area contributed by atoms with Crippen molar-refractivity contribution in [2.45, 2.75) is 6.92 Å². The van der Waals surface area contributed by atoms with Crippen molar-refractivity contribution in [2.75, 3.05) is 0 Å². The van der Waals surface area contributed by atoms with Crippen LogP contribution in [-0.2, 0) is 0 Å². The molecule has 2 aromatic carbocycles. The van der Waals surface area contributed by atoms with Gasteiger partial charge in [0.2, 0.25) is 0 Å². The van der Waals surface area contributed by atoms with Crippen LogP contribution in [0.2, 0.25) is 0 Å². The molecule has 0 bridgehead atoms. The number of benzene rings is 2. The zero-order chi connectivity index (χ0) is 19.0. The van der Waals surface area contributed by atoms with Crippen LogP contribution in [0.4, 0.5) is 0 Å². The topological polar surface area (TPSA) is 77.5 Å². The second-order valence-corrected chi connectivity index (χ2v) is 6.11. The molecular formula is C22H14O5. The van der Waals surface area contributed by atoms with Gasteiger partial charge in [-0.1, -0.05) is 36.4 Å². The van der Waals surface area contributed by atoms with E-state index in [1.807, 2.05) is 12.1 Å². The summed E-state index contributed by atoms with van der Waals surface area (Å²) in [5.41, 5.74) is 0.524. The summed E-state index contributed by atoms with van der Waals surface area (Å²) < 4.78 is 10.5. The van der Waals surface area contributed by atoms with Crippen molar-refractivity contribution in [3.8, 4) is 0 Å². The van der Waals surface area contributed by atoms with Gasteiger partial charge in [-0.25, -0.2) is 9.59 Å². The molecule has 0 saturated carbocycles. The summed E-state index contributed by atoms with van der Waals surface area (Å²) in [5.74, 6) is -0.540. The number of para-hydroxylation sites is 2. The molecule has 4 rings (SSSR count). The van der Waals surface area contributed by atoms with Gasteiger partial charge in [0, 0.05) is 10.8 Å². The Morgan fingerprint density at radius 2 is 1.56 bits per heavy atom. The molecule has 132 valence electrons. The number of hydrogen-bond acceptors (Lipinski definition) is 5. The van der Waals surface area contributed by atoms with E-state index in [0.717, 1.165) is 5.39 Å². The Bertz CT molecular complexity index is 1340. The van der Waals surface area contributed by atoms with Crippen molar-refractivity contribution in [1.29, 1.82) is 0 Å². The maximum absolute atomic E-state index is 12.5. The average Bonchev–Trinajstić information content (AvgIpc) is 2.67. The van der Waals surface area contributed by atoms with Gasteiger partial charge >= 0.3 is 11.3 Å². The van der Waals surface area contributed by atoms with Gasteiger partial charge in [-0.3, -0.25) is 4.79 Å². The monoisotopic (exact) mass is 358 g/mol. The van der Waals surface area contributed by atoms with Gasteiger partial charge in [-0.15, -0.1) is 0 Å². The van der Waals surface area contributed by atoms with E-state index in [1.54, 1.807) is 43.3 Å². The highest BCUT2D eigenvalue weighted by molar-refractivity contribution is 6.08. The third-order valence-corrected chi connectivity index (χ3v) is 4.43. The Hall–Kier alpha value is -3.73. The quantitative estimate of drug-likeness (QED) is 0.313. The molecule has 0 aliphatic heterocycles. The van der Waals surface area contributed by atoms with Gasteiger partial charge in [0.05, 0.1) is 5.56 Å². The molecule has 2 aromatic heterocycles. The normalized spacial score (nSPS) is 11.4. The zero-order valence-corrected chi connectivity index (χ0v) is 14.4. The summed E-state index contributed by atoms with van der Waals surface area (Å²) >= 11 is 0. The molecule has 0 atom stereocenters. The van der Waals surface area contributed by atoms with E-state index in [-0.39, 0.29) is 11.1 Å². The van der Waals surface area contributed by atoms with Crippen molar-refractivity contribution in [2.24, 2.45) is 0 Å². The second kappa shape index (κ2) is 6.53. The largest absolute Gasteiger partial charge is 0.422 e. The molecule has 0 radical (unpaired) electrons. The van der Waals surface area contributed by atoms with Gasteiger partial charge in [0.25, 0.3) is 0 Å². The summed E-state index contributed by atoms with van der Waals surface area (Å²) in [6.07, 6.45) is 2.57. The van der Waals surface area contributed by atoms with E-state index in [2.05, 4.69) is 0 Å². The van der Waals surface area contributed by atoms with Crippen LogP contribution in [0.15, 0.2) is 79.1 Å². The van der Waals surface area contributed by atoms with Gasteiger partial charge in [-0.05, 0) is 42.8 Å². The highest BCUT2D eigenvalue weighted by Crippen LogP contribution is 2.20. The molecule has 0 unspecified atom stereocenters. The number of ketones is 1. The van der Waals surface area contributed by atoms with E-state index in [1.165, 1.54) is 18.2 Å². The Labute approximate surface area is 153 Å². The van der Waals surface area contributed by atoms with Crippen molar-refractivity contribution >= 4 is 33.8 Å². The van der Waals surface area contributed by atoms with Crippen molar-refractivity contribution in [3.05, 3.63) is 98.2 Å². The van der Waals surface area contributed by atoms with Crippen LogP contribution in [-0.4, -0.2) is 5.78 Å². The lowest BCUT2D eigenvalue weighted by molar-refractivity contribution is 0.104. The van der Waals surface area contributed by atoms with Crippen LogP contribution in [0.1, 0.15) is 21.5 Å². The summed E-state index contributed by atoms with van der Waals surface area (Å²) in [7, 11) is 0. The van der Waals surface area contributed by atoms with Crippen molar-refractivity contribution < 1.29 is 13.6 Å². The van der Waals surface area contributed by atoms with Crippen molar-refractivity contribution in [3.63, 3.8) is 0 Å². The molecule has 5 nitrogen and oxygen atoms in total. The molecule has 0 spiro atoms. The first-order chi connectivity index (χ1) is 13.0. The predicted octanol–water partition coefficient (Wildman–Crippen LogP) is 4.10. The Morgan fingerprint density at radius 3 is 2.37 bits per heavy atom. The molecule has 0 N–H and O–H groups in total. The zero-order valence-electron chi connectivity index (χ0n) is 14.4. The Balaban J connectivity index is 1.76. The first kappa shape index (κ1) is 16.7. The molecule has 0 aliphatic carbocycles.